The molecule has 2 atom stereocenters. The van der Waals surface area contributed by atoms with Crippen molar-refractivity contribution in [2.75, 3.05) is 33.0 Å². The van der Waals surface area contributed by atoms with Crippen molar-refractivity contribution >= 4 is 25.2 Å². The molecule has 2 unspecified atom stereocenters. The van der Waals surface area contributed by atoms with Crippen molar-refractivity contribution in [3.63, 3.8) is 0 Å². The van der Waals surface area contributed by atoms with Gasteiger partial charge in [0.2, 0.25) is 0 Å². The van der Waals surface area contributed by atoms with E-state index in [4.69, 9.17) is 32.7 Å². The van der Waals surface area contributed by atoms with Gasteiger partial charge in [-0.05, 0) is 58.3 Å². The van der Waals surface area contributed by atoms with E-state index >= 15 is 0 Å². The lowest BCUT2D eigenvalue weighted by Crippen LogP contribution is -2.52. The summed E-state index contributed by atoms with van der Waals surface area (Å²) in [5, 5.41) is 36.6. The van der Waals surface area contributed by atoms with Gasteiger partial charge in [-0.25, -0.2) is 0 Å². The Morgan fingerprint density at radius 2 is 1.10 bits per heavy atom. The van der Waals surface area contributed by atoms with Crippen LogP contribution in [0.1, 0.15) is 6.42 Å². The van der Waals surface area contributed by atoms with Gasteiger partial charge in [0.1, 0.15) is 12.2 Å². The maximum Gasteiger partial charge on any atom is 0.314 e. The quantitative estimate of drug-likeness (QED) is 0.140. The molecule has 0 spiro atoms. The summed E-state index contributed by atoms with van der Waals surface area (Å²) in [5.74, 6) is 0. The lowest BCUT2D eigenvalue weighted by atomic mass is 10.4. The third-order valence-electron chi connectivity index (χ3n) is 3.34. The highest BCUT2D eigenvalue weighted by molar-refractivity contribution is 6.87. The molecule has 0 aliphatic heterocycles. The number of hydrogen-bond donors (Lipinski definition) is 4. The molecule has 0 aliphatic rings. The fourth-order valence-electron chi connectivity index (χ4n) is 2.62. The minimum Gasteiger partial charge on any atom is -0.437 e. The molecule has 0 amide bonds. The Morgan fingerprint density at radius 1 is 0.690 bits per heavy atom. The average molecular weight is 475 g/mol. The molecule has 9 nitrogen and oxygen atoms in total. The highest BCUT2D eigenvalue weighted by Crippen LogP contribution is 2.25. The summed E-state index contributed by atoms with van der Waals surface area (Å²) in [6, 6.07) is 0.757. The van der Waals surface area contributed by atoms with Crippen molar-refractivity contribution in [2.45, 2.75) is 77.0 Å². The molecular formula is C17H42O9Si3. The van der Waals surface area contributed by atoms with Gasteiger partial charge in [-0.3, -0.25) is 0 Å². The summed E-state index contributed by atoms with van der Waals surface area (Å²) in [4.78, 5) is 0. The summed E-state index contributed by atoms with van der Waals surface area (Å²) in [5.41, 5.74) is 0. The van der Waals surface area contributed by atoms with Crippen molar-refractivity contribution < 1.29 is 42.9 Å². The minimum atomic E-state index is -2.36. The number of ether oxygens (including phenoxy) is 3. The Hall–Kier alpha value is 0.291. The van der Waals surface area contributed by atoms with Gasteiger partial charge in [0.25, 0.3) is 6.48 Å². The molecule has 12 heteroatoms. The van der Waals surface area contributed by atoms with Gasteiger partial charge in [0, 0.05) is 0 Å². The third kappa shape index (κ3) is 16.6. The van der Waals surface area contributed by atoms with Crippen LogP contribution in [0.3, 0.4) is 0 Å². The van der Waals surface area contributed by atoms with E-state index in [-0.39, 0.29) is 13.2 Å². The van der Waals surface area contributed by atoms with Gasteiger partial charge in [0.05, 0.1) is 33.0 Å². The van der Waals surface area contributed by atoms with Crippen LogP contribution in [0.15, 0.2) is 0 Å². The van der Waals surface area contributed by atoms with Gasteiger partial charge >= 0.3 is 8.56 Å². The normalized spacial score (nSPS) is 16.7. The first-order valence-corrected chi connectivity index (χ1v) is 19.4. The van der Waals surface area contributed by atoms with Crippen LogP contribution in [0.4, 0.5) is 0 Å². The van der Waals surface area contributed by atoms with Crippen LogP contribution in [-0.2, 0) is 22.4 Å². The highest BCUT2D eigenvalue weighted by atomic mass is 28.5. The second-order valence-corrected chi connectivity index (χ2v) is 22.0. The first-order valence-electron chi connectivity index (χ1n) is 10.0. The Labute approximate surface area is 178 Å². The van der Waals surface area contributed by atoms with E-state index in [0.717, 1.165) is 6.04 Å². The molecule has 0 rings (SSSR count). The van der Waals surface area contributed by atoms with E-state index in [9.17, 15) is 10.2 Å². The molecule has 0 bridgehead atoms. The van der Waals surface area contributed by atoms with Gasteiger partial charge < -0.3 is 42.9 Å². The van der Waals surface area contributed by atoms with Crippen molar-refractivity contribution in [2.24, 2.45) is 0 Å². The van der Waals surface area contributed by atoms with E-state index in [1.165, 1.54) is 0 Å². The van der Waals surface area contributed by atoms with E-state index in [0.29, 0.717) is 13.0 Å². The summed E-state index contributed by atoms with van der Waals surface area (Å²) < 4.78 is 29.1. The standard InChI is InChI=1S/C17H42O9Si3/c1-27(2,3)25-29(7,26-28(4,5)6)10-8-9-22-17(23-13-15(20)11-18)24-14-16(21)12-19/h15-21H,8-14H2,1-7H3. The van der Waals surface area contributed by atoms with Crippen LogP contribution >= 0.6 is 0 Å². The molecule has 0 aliphatic carbocycles. The molecule has 0 aromatic rings. The third-order valence-corrected chi connectivity index (χ3v) is 13.0. The summed E-state index contributed by atoms with van der Waals surface area (Å²) in [7, 11) is -5.90. The molecule has 0 aromatic carbocycles. The van der Waals surface area contributed by atoms with E-state index in [1.54, 1.807) is 0 Å². The number of aliphatic hydroxyl groups is 4. The van der Waals surface area contributed by atoms with Gasteiger partial charge in [-0.2, -0.15) is 0 Å². The Morgan fingerprint density at radius 3 is 1.45 bits per heavy atom. The molecule has 29 heavy (non-hydrogen) atoms. The predicted molar refractivity (Wildman–Crippen MR) is 118 cm³/mol. The molecule has 0 saturated carbocycles. The van der Waals surface area contributed by atoms with Crippen LogP contribution in [0.5, 0.6) is 0 Å². The van der Waals surface area contributed by atoms with Crippen molar-refractivity contribution in [3.8, 4) is 0 Å². The molecule has 4 N–H and O–H groups in total. The Balaban J connectivity index is 4.70. The lowest BCUT2D eigenvalue weighted by Gasteiger charge is -2.38. The molecule has 0 fully saturated rings. The highest BCUT2D eigenvalue weighted by Gasteiger charge is 2.39. The van der Waals surface area contributed by atoms with Crippen LogP contribution in [0.2, 0.25) is 51.9 Å². The fourth-order valence-corrected chi connectivity index (χ4v) is 15.1. The maximum absolute atomic E-state index is 9.43. The van der Waals surface area contributed by atoms with Gasteiger partial charge in [0.15, 0.2) is 16.6 Å². The molecular weight excluding hydrogens is 432 g/mol. The molecule has 176 valence electrons. The molecule has 0 aromatic heterocycles. The topological polar surface area (TPSA) is 127 Å². The van der Waals surface area contributed by atoms with Crippen molar-refractivity contribution in [3.05, 3.63) is 0 Å². The summed E-state index contributed by atoms with van der Waals surface area (Å²) in [6.07, 6.45) is -1.44. The number of aliphatic hydroxyl groups excluding tert-OH is 4. The number of hydrogen-bond acceptors (Lipinski definition) is 9. The first kappa shape index (κ1) is 29.3. The largest absolute Gasteiger partial charge is 0.437 e. The van der Waals surface area contributed by atoms with Gasteiger partial charge in [-0.1, -0.05) is 0 Å². The zero-order chi connectivity index (χ0) is 22.7. The first-order chi connectivity index (χ1) is 13.2. The Bertz CT molecular complexity index is 399. The van der Waals surface area contributed by atoms with Crippen LogP contribution in [0, 0.1) is 0 Å². The fraction of sp³-hybridized carbons (Fsp3) is 1.00. The van der Waals surface area contributed by atoms with Crippen LogP contribution in [0.25, 0.3) is 0 Å². The summed E-state index contributed by atoms with van der Waals surface area (Å²) in [6.45, 7) is 12.9. The second kappa shape index (κ2) is 13.6. The van der Waals surface area contributed by atoms with Crippen LogP contribution in [-0.4, -0.2) is 97.3 Å². The SMILES string of the molecule is C[Si](C)(C)O[Si](C)(CCCOC(OCC(O)CO)OCC(O)CO)O[Si](C)(C)C. The van der Waals surface area contributed by atoms with Gasteiger partial charge in [-0.15, -0.1) is 0 Å². The smallest absolute Gasteiger partial charge is 0.314 e. The van der Waals surface area contributed by atoms with E-state index in [1.807, 2.05) is 0 Å². The number of rotatable bonds is 17. The minimum absolute atomic E-state index is 0.180. The molecule has 0 radical (unpaired) electrons. The second-order valence-electron chi connectivity index (χ2n) is 9.17. The molecule has 0 saturated heterocycles. The summed E-state index contributed by atoms with van der Waals surface area (Å²) >= 11 is 0. The Kier molecular flexibility index (Phi) is 13.8. The monoisotopic (exact) mass is 474 g/mol. The lowest BCUT2D eigenvalue weighted by molar-refractivity contribution is -0.300. The van der Waals surface area contributed by atoms with E-state index < -0.39 is 57.1 Å². The van der Waals surface area contributed by atoms with E-state index in [2.05, 4.69) is 45.8 Å². The predicted octanol–water partition coefficient (Wildman–Crippen LogP) is 1.19. The van der Waals surface area contributed by atoms with Crippen LogP contribution < -0.4 is 0 Å². The van der Waals surface area contributed by atoms with Crippen molar-refractivity contribution in [1.29, 1.82) is 0 Å². The average Bonchev–Trinajstić information content (AvgIpc) is 2.55. The maximum atomic E-state index is 9.43. The molecule has 0 heterocycles. The van der Waals surface area contributed by atoms with Crippen molar-refractivity contribution in [1.82, 2.24) is 0 Å². The zero-order valence-electron chi connectivity index (χ0n) is 19.0. The zero-order valence-corrected chi connectivity index (χ0v) is 22.0.